The Morgan fingerprint density at radius 2 is 1.98 bits per heavy atom. The van der Waals surface area contributed by atoms with Crippen LogP contribution in [0.3, 0.4) is 0 Å². The number of alkyl halides is 2. The van der Waals surface area contributed by atoms with Crippen LogP contribution >= 0.6 is 11.3 Å². The molecule has 3 N–H and O–H groups in total. The van der Waals surface area contributed by atoms with Crippen LogP contribution in [0.2, 0.25) is 0 Å². The summed E-state index contributed by atoms with van der Waals surface area (Å²) < 4.78 is 50.3. The van der Waals surface area contributed by atoms with E-state index in [2.05, 4.69) is 20.7 Å². The summed E-state index contributed by atoms with van der Waals surface area (Å²) in [5.41, 5.74) is 2.08. The maximum absolute atomic E-state index is 14.2. The van der Waals surface area contributed by atoms with Crippen LogP contribution in [0.1, 0.15) is 37.7 Å². The molecule has 0 bridgehead atoms. The van der Waals surface area contributed by atoms with Crippen LogP contribution in [0.15, 0.2) is 48.5 Å². The number of hydrogen-bond donors (Lipinski definition) is 3. The second-order valence-electron chi connectivity index (χ2n) is 10.4. The van der Waals surface area contributed by atoms with Crippen molar-refractivity contribution in [1.29, 1.82) is 0 Å². The molecule has 0 aliphatic carbocycles. The van der Waals surface area contributed by atoms with Gasteiger partial charge >= 0.3 is 6.61 Å². The highest BCUT2D eigenvalue weighted by Gasteiger charge is 2.41. The lowest BCUT2D eigenvalue weighted by atomic mass is 10.1. The molecule has 1 aromatic heterocycles. The van der Waals surface area contributed by atoms with E-state index in [1.54, 1.807) is 36.5 Å². The van der Waals surface area contributed by atoms with Crippen molar-refractivity contribution in [2.45, 2.75) is 51.6 Å². The van der Waals surface area contributed by atoms with E-state index in [1.165, 1.54) is 34.7 Å². The number of fused-ring (bicyclic) bond motifs is 1. The second kappa shape index (κ2) is 13.6. The topological polar surface area (TPSA) is 109 Å². The Kier molecular flexibility index (Phi) is 9.63. The number of carbonyl (C=O) groups excluding carboxylic acids is 3. The SMILES string of the molecule is Cc1ccc(Oc2cccc(C(=O)NCC(=O)N3C[C@H](OC(F)F)CC3C(=O)NCc3cc4c(s3)CCNC4)c2)c(F)c1. The molecular formula is C30H31F3N4O5S. The van der Waals surface area contributed by atoms with Gasteiger partial charge in [-0.2, -0.15) is 8.78 Å². The molecule has 1 fully saturated rings. The van der Waals surface area contributed by atoms with Crippen LogP contribution in [0.25, 0.3) is 0 Å². The Morgan fingerprint density at radius 3 is 2.74 bits per heavy atom. The van der Waals surface area contributed by atoms with Crippen molar-refractivity contribution in [3.63, 3.8) is 0 Å². The minimum Gasteiger partial charge on any atom is -0.454 e. The predicted octanol–water partition coefficient (Wildman–Crippen LogP) is 3.89. The smallest absolute Gasteiger partial charge is 0.345 e. The summed E-state index contributed by atoms with van der Waals surface area (Å²) >= 11 is 1.61. The van der Waals surface area contributed by atoms with Gasteiger partial charge in [0.25, 0.3) is 5.91 Å². The number of ether oxygens (including phenoxy) is 2. The first-order chi connectivity index (χ1) is 20.7. The number of carbonyl (C=O) groups is 3. The van der Waals surface area contributed by atoms with E-state index in [0.717, 1.165) is 34.9 Å². The maximum atomic E-state index is 14.2. The molecule has 0 saturated carbocycles. The van der Waals surface area contributed by atoms with E-state index in [0.29, 0.717) is 0 Å². The van der Waals surface area contributed by atoms with E-state index < -0.39 is 48.8 Å². The van der Waals surface area contributed by atoms with E-state index in [1.807, 2.05) is 6.07 Å². The Labute approximate surface area is 250 Å². The average molecular weight is 617 g/mol. The minimum absolute atomic E-state index is 0.00653. The Bertz CT molecular complexity index is 1480. The number of halogens is 3. The van der Waals surface area contributed by atoms with Crippen molar-refractivity contribution in [2.24, 2.45) is 0 Å². The van der Waals surface area contributed by atoms with Gasteiger partial charge in [-0.3, -0.25) is 14.4 Å². The van der Waals surface area contributed by atoms with Gasteiger partial charge in [-0.25, -0.2) is 4.39 Å². The van der Waals surface area contributed by atoms with Crippen LogP contribution in [0.4, 0.5) is 13.2 Å². The number of hydrogen-bond acceptors (Lipinski definition) is 7. The van der Waals surface area contributed by atoms with E-state index >= 15 is 0 Å². The molecule has 1 unspecified atom stereocenters. The Balaban J connectivity index is 1.19. The molecular weight excluding hydrogens is 585 g/mol. The van der Waals surface area contributed by atoms with Crippen LogP contribution in [0.5, 0.6) is 11.5 Å². The Hall–Kier alpha value is -3.94. The predicted molar refractivity (Wildman–Crippen MR) is 153 cm³/mol. The number of nitrogens with zero attached hydrogens (tertiary/aromatic N) is 1. The zero-order valence-corrected chi connectivity index (χ0v) is 24.1. The van der Waals surface area contributed by atoms with Crippen LogP contribution in [0, 0.1) is 12.7 Å². The molecule has 1 saturated heterocycles. The summed E-state index contributed by atoms with van der Waals surface area (Å²) in [4.78, 5) is 42.5. The molecule has 228 valence electrons. The number of aryl methyl sites for hydroxylation is 1. The third kappa shape index (κ3) is 7.72. The summed E-state index contributed by atoms with van der Waals surface area (Å²) in [5, 5.41) is 8.62. The highest BCUT2D eigenvalue weighted by atomic mass is 32.1. The van der Waals surface area contributed by atoms with Gasteiger partial charge in [0.2, 0.25) is 11.8 Å². The summed E-state index contributed by atoms with van der Waals surface area (Å²) in [5.74, 6) is -2.07. The number of likely N-dealkylation sites (tertiary alicyclic amines) is 1. The van der Waals surface area contributed by atoms with Crippen molar-refractivity contribution >= 4 is 29.1 Å². The standard InChI is InChI=1S/C30H31F3N4O5S/c1-17-5-6-25(23(31)9-17)41-20-4-2-3-18(10-20)28(39)36-15-27(38)37-16-21(42-30(32)33)12-24(37)29(40)35-14-22-11-19-13-34-8-7-26(19)43-22/h2-6,9-11,21,24,30,34H,7-8,12-16H2,1H3,(H,35,40)(H,36,39)/t21-,24?/m1/s1. The lowest BCUT2D eigenvalue weighted by Crippen LogP contribution is -2.48. The molecule has 3 amide bonds. The minimum atomic E-state index is -3.06. The summed E-state index contributed by atoms with van der Waals surface area (Å²) in [7, 11) is 0. The molecule has 2 aromatic carbocycles. The maximum Gasteiger partial charge on any atom is 0.345 e. The first-order valence-corrected chi connectivity index (χ1v) is 14.6. The highest BCUT2D eigenvalue weighted by Crippen LogP contribution is 2.27. The number of benzene rings is 2. The van der Waals surface area contributed by atoms with Gasteiger partial charge in [0, 0.05) is 41.4 Å². The number of amides is 3. The van der Waals surface area contributed by atoms with Crippen molar-refractivity contribution in [3.05, 3.63) is 80.8 Å². The van der Waals surface area contributed by atoms with Crippen molar-refractivity contribution in [2.75, 3.05) is 19.6 Å². The van der Waals surface area contributed by atoms with Gasteiger partial charge in [0.05, 0.1) is 19.2 Å². The summed E-state index contributed by atoms with van der Waals surface area (Å²) in [6, 6.07) is 11.5. The average Bonchev–Trinajstić information content (AvgIpc) is 3.60. The first kappa shape index (κ1) is 30.5. The normalized spacial score (nSPS) is 17.9. The van der Waals surface area contributed by atoms with Crippen molar-refractivity contribution < 1.29 is 37.0 Å². The zero-order chi connectivity index (χ0) is 30.5. The quantitative estimate of drug-likeness (QED) is 0.319. The monoisotopic (exact) mass is 616 g/mol. The molecule has 2 aliphatic heterocycles. The molecule has 5 rings (SSSR count). The Morgan fingerprint density at radius 1 is 1.14 bits per heavy atom. The fourth-order valence-corrected chi connectivity index (χ4v) is 6.26. The van der Waals surface area contributed by atoms with E-state index in [4.69, 9.17) is 4.74 Å². The van der Waals surface area contributed by atoms with Gasteiger partial charge in [0.15, 0.2) is 11.6 Å². The summed E-state index contributed by atoms with van der Waals surface area (Å²) in [6.07, 6.45) is -0.221. The van der Waals surface area contributed by atoms with Crippen LogP contribution in [-0.2, 0) is 33.8 Å². The van der Waals surface area contributed by atoms with E-state index in [9.17, 15) is 27.6 Å². The highest BCUT2D eigenvalue weighted by molar-refractivity contribution is 7.12. The molecule has 2 aliphatic rings. The van der Waals surface area contributed by atoms with Crippen molar-refractivity contribution in [3.8, 4) is 11.5 Å². The number of nitrogens with one attached hydrogen (secondary N) is 3. The largest absolute Gasteiger partial charge is 0.454 e. The second-order valence-corrected chi connectivity index (χ2v) is 11.6. The molecule has 3 aromatic rings. The van der Waals surface area contributed by atoms with E-state index in [-0.39, 0.29) is 36.6 Å². The van der Waals surface area contributed by atoms with Gasteiger partial charge in [-0.05, 0) is 60.9 Å². The lowest BCUT2D eigenvalue weighted by molar-refractivity contribution is -0.160. The fourth-order valence-electron chi connectivity index (χ4n) is 5.14. The van der Waals surface area contributed by atoms with Crippen molar-refractivity contribution in [1.82, 2.24) is 20.9 Å². The third-order valence-corrected chi connectivity index (χ3v) is 8.46. The third-order valence-electron chi connectivity index (χ3n) is 7.22. The zero-order valence-electron chi connectivity index (χ0n) is 23.3. The van der Waals surface area contributed by atoms with Gasteiger partial charge < -0.3 is 30.3 Å². The van der Waals surface area contributed by atoms with Gasteiger partial charge in [0.1, 0.15) is 11.8 Å². The summed E-state index contributed by atoms with van der Waals surface area (Å²) in [6.45, 7) is -0.0993. The molecule has 2 atom stereocenters. The first-order valence-electron chi connectivity index (χ1n) is 13.8. The lowest BCUT2D eigenvalue weighted by Gasteiger charge is -2.24. The fraction of sp³-hybridized carbons (Fsp3) is 0.367. The molecule has 0 radical (unpaired) electrons. The number of rotatable bonds is 10. The number of thiophene rings is 1. The van der Waals surface area contributed by atoms with Crippen LogP contribution in [-0.4, -0.2) is 61.0 Å². The molecule has 3 heterocycles. The molecule has 43 heavy (non-hydrogen) atoms. The molecule has 0 spiro atoms. The molecule has 13 heteroatoms. The van der Waals surface area contributed by atoms with Gasteiger partial charge in [-0.15, -0.1) is 11.3 Å². The van der Waals surface area contributed by atoms with Crippen LogP contribution < -0.4 is 20.7 Å². The van der Waals surface area contributed by atoms with Gasteiger partial charge in [-0.1, -0.05) is 12.1 Å². The molecule has 9 nitrogen and oxygen atoms in total.